The second kappa shape index (κ2) is 7.67. The Labute approximate surface area is 124 Å². The highest BCUT2D eigenvalue weighted by Gasteiger charge is 2.28. The van der Waals surface area contributed by atoms with Crippen molar-refractivity contribution in [3.8, 4) is 0 Å². The van der Waals surface area contributed by atoms with E-state index in [1.165, 1.54) is 5.56 Å². The van der Waals surface area contributed by atoms with E-state index in [2.05, 4.69) is 11.4 Å². The van der Waals surface area contributed by atoms with Crippen LogP contribution in [0.2, 0.25) is 0 Å². The summed E-state index contributed by atoms with van der Waals surface area (Å²) in [6.07, 6.45) is 1.37. The molecule has 2 N–H and O–H groups in total. The fraction of sp³-hybridized carbons (Fsp3) is 0.533. The number of hydrogen-bond acceptors (Lipinski definition) is 4. The molecule has 5 heteroatoms. The van der Waals surface area contributed by atoms with E-state index >= 15 is 0 Å². The van der Waals surface area contributed by atoms with Crippen LogP contribution in [-0.4, -0.2) is 42.7 Å². The lowest BCUT2D eigenvalue weighted by molar-refractivity contribution is -0.119. The van der Waals surface area contributed by atoms with Gasteiger partial charge >= 0.3 is 0 Å². The fourth-order valence-electron chi connectivity index (χ4n) is 2.40. The number of para-hydroxylation sites is 1. The largest absolute Gasteiger partial charge is 0.396 e. The van der Waals surface area contributed by atoms with Gasteiger partial charge in [0.25, 0.3) is 0 Å². The summed E-state index contributed by atoms with van der Waals surface area (Å²) in [5.41, 5.74) is 2.21. The minimum absolute atomic E-state index is 0.119. The van der Waals surface area contributed by atoms with Crippen molar-refractivity contribution in [2.75, 3.05) is 36.6 Å². The van der Waals surface area contributed by atoms with Gasteiger partial charge in [0, 0.05) is 44.1 Å². The third-order valence-electron chi connectivity index (χ3n) is 3.51. The molecule has 1 aromatic rings. The molecule has 1 unspecified atom stereocenters. The van der Waals surface area contributed by atoms with E-state index in [-0.39, 0.29) is 18.6 Å². The Hall–Kier alpha value is -1.04. The van der Waals surface area contributed by atoms with E-state index in [0.717, 1.165) is 30.2 Å². The molecule has 0 fully saturated rings. The van der Waals surface area contributed by atoms with Crippen LogP contribution in [0.3, 0.4) is 0 Å². The van der Waals surface area contributed by atoms with Gasteiger partial charge < -0.3 is 15.3 Å². The lowest BCUT2D eigenvalue weighted by Crippen LogP contribution is -2.38. The van der Waals surface area contributed by atoms with Crippen LogP contribution in [0.1, 0.15) is 24.4 Å². The average Bonchev–Trinajstić information content (AvgIpc) is 2.47. The molecule has 1 atom stereocenters. The van der Waals surface area contributed by atoms with Crippen molar-refractivity contribution in [2.24, 2.45) is 0 Å². The number of aliphatic hydroxyl groups excluding tert-OH is 1. The third kappa shape index (κ3) is 3.75. The normalized spacial score (nSPS) is 18.2. The van der Waals surface area contributed by atoms with Gasteiger partial charge in [0.1, 0.15) is 0 Å². The van der Waals surface area contributed by atoms with Gasteiger partial charge in [-0.3, -0.25) is 4.79 Å². The van der Waals surface area contributed by atoms with E-state index in [0.29, 0.717) is 6.42 Å². The van der Waals surface area contributed by atoms with Crippen LogP contribution in [0, 0.1) is 0 Å². The summed E-state index contributed by atoms with van der Waals surface area (Å²) in [6, 6.07) is 8.20. The molecule has 0 saturated heterocycles. The molecular weight excluding hydrogens is 272 g/mol. The number of aliphatic hydroxyl groups is 1. The minimum Gasteiger partial charge on any atom is -0.396 e. The quantitative estimate of drug-likeness (QED) is 0.753. The van der Waals surface area contributed by atoms with Gasteiger partial charge in [0.2, 0.25) is 5.91 Å². The van der Waals surface area contributed by atoms with Gasteiger partial charge in [0.15, 0.2) is 0 Å². The van der Waals surface area contributed by atoms with E-state index < -0.39 is 0 Å². The highest BCUT2D eigenvalue weighted by atomic mass is 32.2. The number of benzene rings is 1. The third-order valence-corrected chi connectivity index (χ3v) is 4.58. The summed E-state index contributed by atoms with van der Waals surface area (Å²) in [7, 11) is 1.84. The van der Waals surface area contributed by atoms with Gasteiger partial charge in [-0.2, -0.15) is 11.8 Å². The molecule has 1 heterocycles. The van der Waals surface area contributed by atoms with Crippen molar-refractivity contribution in [1.29, 1.82) is 0 Å². The molecule has 1 aliphatic rings. The van der Waals surface area contributed by atoms with Crippen molar-refractivity contribution in [2.45, 2.75) is 18.9 Å². The summed E-state index contributed by atoms with van der Waals surface area (Å²) >= 11 is 1.83. The number of anilines is 1. The molecule has 4 nitrogen and oxygen atoms in total. The Morgan fingerprint density at radius 1 is 1.40 bits per heavy atom. The summed E-state index contributed by atoms with van der Waals surface area (Å²) < 4.78 is 0. The Morgan fingerprint density at radius 3 is 3.00 bits per heavy atom. The first kappa shape index (κ1) is 15.4. The first-order valence-electron chi connectivity index (χ1n) is 7.01. The van der Waals surface area contributed by atoms with Crippen LogP contribution < -0.4 is 10.2 Å². The summed E-state index contributed by atoms with van der Waals surface area (Å²) in [6.45, 7) is 1.14. The maximum Gasteiger partial charge on any atom is 0.228 e. The summed E-state index contributed by atoms with van der Waals surface area (Å²) in [5.74, 6) is 2.15. The topological polar surface area (TPSA) is 52.6 Å². The van der Waals surface area contributed by atoms with Crippen molar-refractivity contribution in [1.82, 2.24) is 5.32 Å². The predicted molar refractivity (Wildman–Crippen MR) is 84.2 cm³/mol. The Balaban J connectivity index is 1.89. The molecular formula is C15H22N2O2S. The number of fused-ring (bicyclic) bond motifs is 1. The van der Waals surface area contributed by atoms with Gasteiger partial charge in [-0.25, -0.2) is 0 Å². The molecule has 0 bridgehead atoms. The molecule has 110 valence electrons. The highest BCUT2D eigenvalue weighted by Crippen LogP contribution is 2.33. The van der Waals surface area contributed by atoms with E-state index in [1.54, 1.807) is 4.90 Å². The SMILES string of the molecule is CN1C(=O)CC(NCCSCCCO)c2ccccc21. The average molecular weight is 294 g/mol. The predicted octanol–water partition coefficient (Wildman–Crippen LogP) is 1.80. The second-order valence-electron chi connectivity index (χ2n) is 4.91. The molecule has 0 spiro atoms. The molecule has 0 aromatic heterocycles. The minimum atomic E-state index is 0.119. The van der Waals surface area contributed by atoms with E-state index in [1.807, 2.05) is 37.0 Å². The molecule has 1 aromatic carbocycles. The van der Waals surface area contributed by atoms with Crippen LogP contribution in [-0.2, 0) is 4.79 Å². The molecule has 2 rings (SSSR count). The number of thioether (sulfide) groups is 1. The zero-order valence-electron chi connectivity index (χ0n) is 11.8. The molecule has 1 amide bonds. The molecule has 1 aliphatic heterocycles. The van der Waals surface area contributed by atoms with Gasteiger partial charge in [-0.15, -0.1) is 0 Å². The van der Waals surface area contributed by atoms with Crippen molar-refractivity contribution >= 4 is 23.4 Å². The zero-order valence-corrected chi connectivity index (χ0v) is 12.7. The van der Waals surface area contributed by atoms with Gasteiger partial charge in [-0.1, -0.05) is 18.2 Å². The maximum atomic E-state index is 12.0. The van der Waals surface area contributed by atoms with Crippen LogP contribution in [0.5, 0.6) is 0 Å². The Kier molecular flexibility index (Phi) is 5.88. The number of rotatable bonds is 7. The lowest BCUT2D eigenvalue weighted by atomic mass is 9.96. The van der Waals surface area contributed by atoms with Crippen molar-refractivity contribution in [3.05, 3.63) is 29.8 Å². The fourth-order valence-corrected chi connectivity index (χ4v) is 3.20. The van der Waals surface area contributed by atoms with E-state index in [4.69, 9.17) is 5.11 Å². The van der Waals surface area contributed by atoms with Crippen LogP contribution in [0.4, 0.5) is 5.69 Å². The van der Waals surface area contributed by atoms with E-state index in [9.17, 15) is 4.79 Å². The number of carbonyl (C=O) groups is 1. The van der Waals surface area contributed by atoms with Gasteiger partial charge in [-0.05, 0) is 23.8 Å². The smallest absolute Gasteiger partial charge is 0.228 e. The van der Waals surface area contributed by atoms with Crippen LogP contribution in [0.25, 0.3) is 0 Å². The number of nitrogens with one attached hydrogen (secondary N) is 1. The van der Waals surface area contributed by atoms with Crippen molar-refractivity contribution in [3.63, 3.8) is 0 Å². The van der Waals surface area contributed by atoms with Gasteiger partial charge in [0.05, 0.1) is 0 Å². The first-order valence-corrected chi connectivity index (χ1v) is 8.17. The Morgan fingerprint density at radius 2 is 2.20 bits per heavy atom. The number of carbonyl (C=O) groups excluding carboxylic acids is 1. The second-order valence-corrected chi connectivity index (χ2v) is 6.14. The standard InChI is InChI=1S/C15H22N2O2S/c1-17-14-6-3-2-5-12(14)13(11-15(17)19)16-7-10-20-9-4-8-18/h2-3,5-6,13,16,18H,4,7-11H2,1H3. The molecule has 20 heavy (non-hydrogen) atoms. The lowest BCUT2D eigenvalue weighted by Gasteiger charge is -2.32. The number of hydrogen-bond donors (Lipinski definition) is 2. The molecule has 0 radical (unpaired) electrons. The molecule has 0 saturated carbocycles. The monoisotopic (exact) mass is 294 g/mol. The summed E-state index contributed by atoms with van der Waals surface area (Å²) in [5, 5.41) is 12.2. The maximum absolute atomic E-state index is 12.0. The molecule has 0 aliphatic carbocycles. The number of amides is 1. The van der Waals surface area contributed by atoms with Crippen LogP contribution >= 0.6 is 11.8 Å². The van der Waals surface area contributed by atoms with Crippen molar-refractivity contribution < 1.29 is 9.90 Å². The summed E-state index contributed by atoms with van der Waals surface area (Å²) in [4.78, 5) is 13.7. The highest BCUT2D eigenvalue weighted by molar-refractivity contribution is 7.99. The Bertz CT molecular complexity index is 453. The number of nitrogens with zero attached hydrogens (tertiary/aromatic N) is 1. The zero-order chi connectivity index (χ0) is 14.4. The van der Waals surface area contributed by atoms with Crippen LogP contribution in [0.15, 0.2) is 24.3 Å². The first-order chi connectivity index (χ1) is 9.74.